The van der Waals surface area contributed by atoms with Crippen LogP contribution in [0, 0.1) is 5.41 Å². The number of allylic oxidation sites excluding steroid dienone is 3. The Bertz CT molecular complexity index is 622. The second-order valence-corrected chi connectivity index (χ2v) is 5.53. The van der Waals surface area contributed by atoms with Gasteiger partial charge < -0.3 is 30.6 Å². The predicted octanol–water partition coefficient (Wildman–Crippen LogP) is 0.387. The van der Waals surface area contributed by atoms with Crippen LogP contribution in [0.3, 0.4) is 0 Å². The molecule has 148 valence electrons. The molecule has 10 heteroatoms. The Morgan fingerprint density at radius 1 is 0.593 bits per heavy atom. The van der Waals surface area contributed by atoms with E-state index in [1.54, 1.807) is 0 Å². The summed E-state index contributed by atoms with van der Waals surface area (Å²) in [6.07, 6.45) is 5.98. The molecule has 0 spiro atoms. The molecule has 0 aromatic rings. The van der Waals surface area contributed by atoms with Gasteiger partial charge in [0.25, 0.3) is 0 Å². The summed E-state index contributed by atoms with van der Waals surface area (Å²) >= 11 is 0. The van der Waals surface area contributed by atoms with E-state index in [-0.39, 0.29) is 19.3 Å². The van der Waals surface area contributed by atoms with Crippen molar-refractivity contribution >= 4 is 23.9 Å². The van der Waals surface area contributed by atoms with E-state index < -0.39 is 35.1 Å². The third-order valence-corrected chi connectivity index (χ3v) is 3.26. The molecule has 0 heterocycles. The van der Waals surface area contributed by atoms with Gasteiger partial charge in [-0.2, -0.15) is 0 Å². The van der Waals surface area contributed by atoms with Crippen LogP contribution in [-0.4, -0.2) is 60.3 Å². The minimum Gasteiger partial charge on any atom is -0.478 e. The fourth-order valence-corrected chi connectivity index (χ4v) is 2.04. The van der Waals surface area contributed by atoms with Crippen molar-refractivity contribution in [1.29, 1.82) is 0 Å². The lowest BCUT2D eigenvalue weighted by Gasteiger charge is -2.25. The SMILES string of the molecule is O=C(O)C=CC(O)(O)CCCC(C=CC(=O)O)(C=CC(=O)O)C=CC(=O)O. The van der Waals surface area contributed by atoms with Crippen LogP contribution in [0.15, 0.2) is 48.6 Å². The molecule has 0 aromatic heterocycles. The second kappa shape index (κ2) is 10.7. The average Bonchev–Trinajstić information content (AvgIpc) is 2.53. The van der Waals surface area contributed by atoms with Crippen LogP contribution in [0.25, 0.3) is 0 Å². The van der Waals surface area contributed by atoms with Crippen molar-refractivity contribution in [3.63, 3.8) is 0 Å². The van der Waals surface area contributed by atoms with Crippen molar-refractivity contribution in [3.8, 4) is 0 Å². The topological polar surface area (TPSA) is 190 Å². The van der Waals surface area contributed by atoms with Gasteiger partial charge in [0.1, 0.15) is 0 Å². The molecule has 0 saturated heterocycles. The molecule has 0 fully saturated rings. The zero-order valence-electron chi connectivity index (χ0n) is 14.1. The van der Waals surface area contributed by atoms with Gasteiger partial charge in [-0.3, -0.25) is 0 Å². The molecule has 10 nitrogen and oxygen atoms in total. The Morgan fingerprint density at radius 3 is 1.26 bits per heavy atom. The number of hydrogen-bond donors (Lipinski definition) is 6. The number of carbonyl (C=O) groups is 4. The molecule has 0 aromatic carbocycles. The molecule has 0 rings (SSSR count). The van der Waals surface area contributed by atoms with Gasteiger partial charge in [0, 0.05) is 36.1 Å². The largest absolute Gasteiger partial charge is 0.478 e. The molecule has 0 aliphatic carbocycles. The molecule has 0 unspecified atom stereocenters. The molecule has 0 saturated carbocycles. The van der Waals surface area contributed by atoms with Crippen molar-refractivity contribution in [3.05, 3.63) is 48.6 Å². The van der Waals surface area contributed by atoms with E-state index in [4.69, 9.17) is 20.4 Å². The highest BCUT2D eigenvalue weighted by Gasteiger charge is 2.25. The summed E-state index contributed by atoms with van der Waals surface area (Å²) in [7, 11) is 0. The highest BCUT2D eigenvalue weighted by atomic mass is 16.5. The van der Waals surface area contributed by atoms with Crippen LogP contribution in [0.4, 0.5) is 0 Å². The molecular formula is C17H20O10. The Balaban J connectivity index is 5.60. The molecule has 0 radical (unpaired) electrons. The third kappa shape index (κ3) is 11.9. The molecule has 0 aliphatic heterocycles. The van der Waals surface area contributed by atoms with E-state index in [0.29, 0.717) is 30.4 Å². The summed E-state index contributed by atoms with van der Waals surface area (Å²) in [5, 5.41) is 54.2. The molecule has 0 atom stereocenters. The fraction of sp³-hybridized carbons (Fsp3) is 0.294. The van der Waals surface area contributed by atoms with Gasteiger partial charge in [-0.15, -0.1) is 0 Å². The third-order valence-electron chi connectivity index (χ3n) is 3.26. The van der Waals surface area contributed by atoms with Gasteiger partial charge in [0.2, 0.25) is 0 Å². The zero-order chi connectivity index (χ0) is 21.1. The number of aliphatic hydroxyl groups is 2. The first-order valence-electron chi connectivity index (χ1n) is 7.51. The van der Waals surface area contributed by atoms with E-state index in [9.17, 15) is 29.4 Å². The molecule has 27 heavy (non-hydrogen) atoms. The van der Waals surface area contributed by atoms with Crippen LogP contribution in [0.2, 0.25) is 0 Å². The lowest BCUT2D eigenvalue weighted by molar-refractivity contribution is -0.134. The van der Waals surface area contributed by atoms with Crippen LogP contribution in [0.5, 0.6) is 0 Å². The van der Waals surface area contributed by atoms with E-state index >= 15 is 0 Å². The Morgan fingerprint density at radius 2 is 0.926 bits per heavy atom. The van der Waals surface area contributed by atoms with Crippen LogP contribution >= 0.6 is 0 Å². The summed E-state index contributed by atoms with van der Waals surface area (Å²) in [4.78, 5) is 42.8. The van der Waals surface area contributed by atoms with E-state index in [2.05, 4.69) is 0 Å². The molecule has 0 bridgehead atoms. The highest BCUT2D eigenvalue weighted by Crippen LogP contribution is 2.32. The van der Waals surface area contributed by atoms with Crippen LogP contribution in [0.1, 0.15) is 19.3 Å². The predicted molar refractivity (Wildman–Crippen MR) is 90.6 cm³/mol. The number of aliphatic carboxylic acids is 4. The van der Waals surface area contributed by atoms with Crippen molar-refractivity contribution in [2.24, 2.45) is 5.41 Å². The van der Waals surface area contributed by atoms with Crippen molar-refractivity contribution in [2.75, 3.05) is 0 Å². The lowest BCUT2D eigenvalue weighted by Crippen LogP contribution is -2.26. The summed E-state index contributed by atoms with van der Waals surface area (Å²) in [6, 6.07) is 0. The number of rotatable bonds is 12. The average molecular weight is 384 g/mol. The van der Waals surface area contributed by atoms with Gasteiger partial charge in [-0.05, 0) is 18.9 Å². The summed E-state index contributed by atoms with van der Waals surface area (Å²) in [5.41, 5.74) is -1.44. The Kier molecular flexibility index (Phi) is 9.40. The summed E-state index contributed by atoms with van der Waals surface area (Å²) < 4.78 is 0. The quantitative estimate of drug-likeness (QED) is 0.203. The smallest absolute Gasteiger partial charge is 0.328 e. The molecule has 6 N–H and O–H groups in total. The zero-order valence-corrected chi connectivity index (χ0v) is 14.1. The molecular weight excluding hydrogens is 364 g/mol. The Labute approximate surface area is 153 Å². The van der Waals surface area contributed by atoms with Crippen molar-refractivity contribution in [2.45, 2.75) is 25.0 Å². The number of carboxylic acids is 4. The van der Waals surface area contributed by atoms with E-state index in [0.717, 1.165) is 18.2 Å². The lowest BCUT2D eigenvalue weighted by atomic mass is 9.80. The minimum absolute atomic E-state index is 0.0468. The maximum absolute atomic E-state index is 10.8. The van der Waals surface area contributed by atoms with Gasteiger partial charge in [-0.25, -0.2) is 19.2 Å². The minimum atomic E-state index is -2.46. The summed E-state index contributed by atoms with van der Waals surface area (Å²) in [5.74, 6) is -7.91. The molecule has 0 aliphatic rings. The van der Waals surface area contributed by atoms with E-state index in [1.165, 1.54) is 0 Å². The number of carboxylic acid groups (broad SMARTS) is 4. The first kappa shape index (κ1) is 23.8. The summed E-state index contributed by atoms with van der Waals surface area (Å²) in [6.45, 7) is 0. The normalized spacial score (nSPS) is 14.9. The van der Waals surface area contributed by atoms with Gasteiger partial charge in [0.05, 0.1) is 0 Å². The van der Waals surface area contributed by atoms with Crippen molar-refractivity contribution in [1.82, 2.24) is 0 Å². The van der Waals surface area contributed by atoms with E-state index in [1.807, 2.05) is 0 Å². The van der Waals surface area contributed by atoms with Crippen LogP contribution < -0.4 is 0 Å². The first-order chi connectivity index (χ1) is 12.4. The maximum atomic E-state index is 10.8. The molecule has 0 amide bonds. The standard InChI is InChI=1S/C17H20O10/c18-12(19)2-8-16(9-3-13(20)21,10-4-14(22)23)6-1-7-17(26,27)11-5-15(24)25/h2-5,8-11,26-27H,1,6-7H2,(H,18,19)(H,20,21)(H,22,23)(H,24,25). The van der Waals surface area contributed by atoms with Crippen molar-refractivity contribution < 1.29 is 49.8 Å². The second-order valence-electron chi connectivity index (χ2n) is 5.53. The highest BCUT2D eigenvalue weighted by molar-refractivity contribution is 5.82. The first-order valence-corrected chi connectivity index (χ1v) is 7.51. The van der Waals surface area contributed by atoms with Gasteiger partial charge in [-0.1, -0.05) is 18.2 Å². The Hall–Kier alpha value is -3.24. The fourth-order valence-electron chi connectivity index (χ4n) is 2.04. The monoisotopic (exact) mass is 384 g/mol. The van der Waals surface area contributed by atoms with Gasteiger partial charge in [0.15, 0.2) is 5.79 Å². The van der Waals surface area contributed by atoms with Crippen LogP contribution in [-0.2, 0) is 19.2 Å². The van der Waals surface area contributed by atoms with Gasteiger partial charge >= 0.3 is 23.9 Å². The maximum Gasteiger partial charge on any atom is 0.328 e. The number of hydrogen-bond acceptors (Lipinski definition) is 6.